The fourth-order valence-corrected chi connectivity index (χ4v) is 4.38. The molecule has 3 rings (SSSR count). The number of nitrogens with one attached hydrogen (secondary N) is 1. The van der Waals surface area contributed by atoms with Gasteiger partial charge >= 0.3 is 6.18 Å². The molecule has 1 aromatic heterocycles. The van der Waals surface area contributed by atoms with Crippen molar-refractivity contribution in [3.8, 4) is 0 Å². The predicted molar refractivity (Wildman–Crippen MR) is 98.3 cm³/mol. The third-order valence-electron chi connectivity index (χ3n) is 4.07. The topological polar surface area (TPSA) is 64.0 Å². The molecule has 0 amide bonds. The van der Waals surface area contributed by atoms with E-state index in [1.807, 2.05) is 0 Å². The normalized spacial score (nSPS) is 13.5. The van der Waals surface area contributed by atoms with Gasteiger partial charge in [0.05, 0.1) is 10.6 Å². The largest absolute Gasteiger partial charge is 0.416 e. The van der Waals surface area contributed by atoms with Gasteiger partial charge in [0, 0.05) is 19.4 Å². The predicted octanol–water partition coefficient (Wildman–Crippen LogP) is 4.16. The summed E-state index contributed by atoms with van der Waals surface area (Å²) in [4.78, 5) is 3.52. The lowest BCUT2D eigenvalue weighted by Crippen LogP contribution is -2.31. The van der Waals surface area contributed by atoms with Crippen molar-refractivity contribution in [2.24, 2.45) is 7.05 Å². The molecule has 0 saturated heterocycles. The van der Waals surface area contributed by atoms with Gasteiger partial charge in [-0.15, -0.1) is 0 Å². The quantitative estimate of drug-likeness (QED) is 0.662. The van der Waals surface area contributed by atoms with Gasteiger partial charge in [0.25, 0.3) is 0 Å². The van der Waals surface area contributed by atoms with Crippen LogP contribution >= 0.6 is 11.6 Å². The van der Waals surface area contributed by atoms with E-state index in [1.54, 1.807) is 48.1 Å². The lowest BCUT2D eigenvalue weighted by atomic mass is 10.1. The van der Waals surface area contributed by atoms with Crippen LogP contribution in [0.25, 0.3) is 0 Å². The molecule has 0 bridgehead atoms. The van der Waals surface area contributed by atoms with Gasteiger partial charge < -0.3 is 4.57 Å². The first-order chi connectivity index (χ1) is 13.1. The number of hydrogen-bond acceptors (Lipinski definition) is 3. The van der Waals surface area contributed by atoms with Crippen LogP contribution in [0, 0.1) is 0 Å². The minimum Gasteiger partial charge on any atom is -0.336 e. The second kappa shape index (κ2) is 7.57. The van der Waals surface area contributed by atoms with Crippen LogP contribution < -0.4 is 4.72 Å². The highest BCUT2D eigenvalue weighted by Crippen LogP contribution is 2.34. The summed E-state index contributed by atoms with van der Waals surface area (Å²) in [5.74, 6) is 0.373. The molecule has 0 aliphatic heterocycles. The van der Waals surface area contributed by atoms with Gasteiger partial charge in [-0.1, -0.05) is 41.9 Å². The zero-order chi connectivity index (χ0) is 20.5. The molecule has 1 heterocycles. The van der Waals surface area contributed by atoms with Gasteiger partial charge in [-0.3, -0.25) is 0 Å². The molecular formula is C18H15ClF3N3O2S. The first-order valence-corrected chi connectivity index (χ1v) is 9.87. The molecule has 148 valence electrons. The number of aryl methyl sites for hydroxylation is 1. The molecule has 0 fully saturated rings. The van der Waals surface area contributed by atoms with Crippen LogP contribution in [0.3, 0.4) is 0 Å². The molecule has 0 saturated carbocycles. The number of sulfonamides is 1. The molecule has 28 heavy (non-hydrogen) atoms. The van der Waals surface area contributed by atoms with Crippen molar-refractivity contribution in [3.05, 3.63) is 82.9 Å². The van der Waals surface area contributed by atoms with Gasteiger partial charge in [0.1, 0.15) is 16.8 Å². The second-order valence-corrected chi connectivity index (χ2v) is 8.09. The summed E-state index contributed by atoms with van der Waals surface area (Å²) < 4.78 is 68.9. The van der Waals surface area contributed by atoms with Crippen molar-refractivity contribution in [2.75, 3.05) is 0 Å². The standard InChI is InChI=1S/C18H15ClF3N3O2S/c1-25-10-9-23-17(25)16(12-5-3-2-4-6-12)24-28(26,27)15-11-13(18(20,21)22)7-8-14(15)19/h2-11,16,24H,1H3/t16-/m0/s1. The van der Waals surface area contributed by atoms with Crippen molar-refractivity contribution in [3.63, 3.8) is 0 Å². The molecule has 10 heteroatoms. The summed E-state index contributed by atoms with van der Waals surface area (Å²) in [6, 6.07) is 9.82. The number of alkyl halides is 3. The fourth-order valence-electron chi connectivity index (χ4n) is 2.67. The number of hydrogen-bond donors (Lipinski definition) is 1. The van der Waals surface area contributed by atoms with Gasteiger partial charge in [-0.25, -0.2) is 13.4 Å². The Hall–Kier alpha value is -2.36. The van der Waals surface area contributed by atoms with Crippen LogP contribution in [0.2, 0.25) is 5.02 Å². The van der Waals surface area contributed by atoms with Gasteiger partial charge in [-0.2, -0.15) is 17.9 Å². The van der Waals surface area contributed by atoms with E-state index in [0.29, 0.717) is 17.5 Å². The number of nitrogens with zero attached hydrogens (tertiary/aromatic N) is 2. The van der Waals surface area contributed by atoms with E-state index in [2.05, 4.69) is 9.71 Å². The Bertz CT molecular complexity index is 1080. The third kappa shape index (κ3) is 4.21. The maximum Gasteiger partial charge on any atom is 0.416 e. The van der Waals surface area contributed by atoms with Crippen molar-refractivity contribution >= 4 is 21.6 Å². The number of aromatic nitrogens is 2. The highest BCUT2D eigenvalue weighted by molar-refractivity contribution is 7.89. The first-order valence-electron chi connectivity index (χ1n) is 8.01. The zero-order valence-corrected chi connectivity index (χ0v) is 16.1. The van der Waals surface area contributed by atoms with Crippen LogP contribution in [0.5, 0.6) is 0 Å². The second-order valence-electron chi connectivity index (χ2n) is 6.00. The molecular weight excluding hydrogens is 415 g/mol. The number of rotatable bonds is 5. The molecule has 0 spiro atoms. The summed E-state index contributed by atoms with van der Waals surface area (Å²) in [7, 11) is -2.71. The van der Waals surface area contributed by atoms with E-state index in [4.69, 9.17) is 11.6 Å². The third-order valence-corrected chi connectivity index (χ3v) is 5.98. The number of benzene rings is 2. The Labute approximate surface area is 164 Å². The summed E-state index contributed by atoms with van der Waals surface area (Å²) in [5.41, 5.74) is -0.533. The molecule has 0 aliphatic rings. The van der Waals surface area contributed by atoms with Gasteiger partial charge in [-0.05, 0) is 23.8 Å². The Morgan fingerprint density at radius 3 is 2.39 bits per heavy atom. The van der Waals surface area contributed by atoms with E-state index in [0.717, 1.165) is 12.1 Å². The monoisotopic (exact) mass is 429 g/mol. The SMILES string of the molecule is Cn1ccnc1[C@@H](NS(=O)(=O)c1cc(C(F)(F)F)ccc1Cl)c1ccccc1. The van der Waals surface area contributed by atoms with Gasteiger partial charge in [0.15, 0.2) is 0 Å². The maximum absolute atomic E-state index is 13.0. The summed E-state index contributed by atoms with van der Waals surface area (Å²) in [6.45, 7) is 0. The van der Waals surface area contributed by atoms with Crippen LogP contribution in [0.15, 0.2) is 65.8 Å². The van der Waals surface area contributed by atoms with E-state index in [-0.39, 0.29) is 5.02 Å². The van der Waals surface area contributed by atoms with Crippen molar-refractivity contribution in [1.29, 1.82) is 0 Å². The zero-order valence-electron chi connectivity index (χ0n) is 14.5. The molecule has 0 radical (unpaired) electrons. The van der Waals surface area contributed by atoms with Crippen LogP contribution in [-0.2, 0) is 23.2 Å². The van der Waals surface area contributed by atoms with E-state index < -0.39 is 32.7 Å². The van der Waals surface area contributed by atoms with Crippen LogP contribution in [-0.4, -0.2) is 18.0 Å². The fraction of sp³-hybridized carbons (Fsp3) is 0.167. The highest BCUT2D eigenvalue weighted by Gasteiger charge is 2.34. The number of halogens is 4. The summed E-state index contributed by atoms with van der Waals surface area (Å²) in [5, 5.41) is -0.313. The molecule has 0 aliphatic carbocycles. The van der Waals surface area contributed by atoms with E-state index in [1.165, 1.54) is 6.20 Å². The highest BCUT2D eigenvalue weighted by atomic mass is 35.5. The van der Waals surface area contributed by atoms with E-state index in [9.17, 15) is 21.6 Å². The smallest absolute Gasteiger partial charge is 0.336 e. The molecule has 5 nitrogen and oxygen atoms in total. The molecule has 0 unspecified atom stereocenters. The van der Waals surface area contributed by atoms with Crippen LogP contribution in [0.4, 0.5) is 13.2 Å². The molecule has 1 atom stereocenters. The lowest BCUT2D eigenvalue weighted by molar-refractivity contribution is -0.137. The maximum atomic E-state index is 13.0. The minimum atomic E-state index is -4.70. The van der Waals surface area contributed by atoms with Gasteiger partial charge in [0.2, 0.25) is 10.0 Å². The Balaban J connectivity index is 2.07. The first kappa shape index (κ1) is 20.4. The van der Waals surface area contributed by atoms with E-state index >= 15 is 0 Å². The Morgan fingerprint density at radius 1 is 1.14 bits per heavy atom. The Morgan fingerprint density at radius 2 is 1.82 bits per heavy atom. The molecule has 2 aromatic carbocycles. The Kier molecular flexibility index (Phi) is 5.51. The van der Waals surface area contributed by atoms with Crippen molar-refractivity contribution in [2.45, 2.75) is 17.1 Å². The summed E-state index contributed by atoms with van der Waals surface area (Å²) in [6.07, 6.45) is -1.57. The van der Waals surface area contributed by atoms with Crippen molar-refractivity contribution in [1.82, 2.24) is 14.3 Å². The average molecular weight is 430 g/mol. The van der Waals surface area contributed by atoms with Crippen molar-refractivity contribution < 1.29 is 21.6 Å². The average Bonchev–Trinajstić information content (AvgIpc) is 3.05. The number of imidazole rings is 1. The van der Waals surface area contributed by atoms with Crippen LogP contribution in [0.1, 0.15) is 23.0 Å². The molecule has 3 aromatic rings. The summed E-state index contributed by atoms with van der Waals surface area (Å²) >= 11 is 5.91. The lowest BCUT2D eigenvalue weighted by Gasteiger charge is -2.20. The minimum absolute atomic E-state index is 0.313. The molecule has 1 N–H and O–H groups in total.